The molecule has 5 heteroatoms. The number of carbonyl (C=O) groups is 1. The number of amides is 1. The monoisotopic (exact) mass is 293 g/mol. The summed E-state index contributed by atoms with van der Waals surface area (Å²) in [5.74, 6) is 0. The smallest absolute Gasteiger partial charge is 0.411 e. The van der Waals surface area contributed by atoms with Crippen molar-refractivity contribution in [1.82, 2.24) is 4.90 Å². The molecule has 0 unspecified atom stereocenters. The number of aliphatic hydroxyl groups is 1. The van der Waals surface area contributed by atoms with E-state index in [1.807, 2.05) is 51.1 Å². The number of nitrogens with zero attached hydrogens (tertiary/aromatic N) is 1. The van der Waals surface area contributed by atoms with Crippen LogP contribution in [0.4, 0.5) is 4.79 Å². The lowest BCUT2D eigenvalue weighted by Crippen LogP contribution is -2.66. The highest BCUT2D eigenvalue weighted by molar-refractivity contribution is 5.69. The van der Waals surface area contributed by atoms with Gasteiger partial charge in [0.15, 0.2) is 0 Å². The highest BCUT2D eigenvalue weighted by Crippen LogP contribution is 2.28. The van der Waals surface area contributed by atoms with E-state index >= 15 is 0 Å². The van der Waals surface area contributed by atoms with Gasteiger partial charge >= 0.3 is 6.09 Å². The summed E-state index contributed by atoms with van der Waals surface area (Å²) in [6.45, 7) is 6.39. The van der Waals surface area contributed by atoms with Crippen LogP contribution in [-0.2, 0) is 16.0 Å². The molecule has 0 aliphatic carbocycles. The zero-order valence-electron chi connectivity index (χ0n) is 12.8. The Bertz CT molecular complexity index is 471. The molecule has 0 radical (unpaired) electrons. The minimum absolute atomic E-state index is 0.140. The molecule has 2 rings (SSSR count). The fraction of sp³-hybridized carbons (Fsp3) is 0.562. The Balaban J connectivity index is 2.20. The summed E-state index contributed by atoms with van der Waals surface area (Å²) in [7, 11) is 0. The maximum atomic E-state index is 12.5. The van der Waals surface area contributed by atoms with Crippen molar-refractivity contribution in [3.05, 3.63) is 35.9 Å². The molecule has 1 aromatic carbocycles. The second-order valence-electron chi connectivity index (χ2n) is 6.43. The maximum absolute atomic E-state index is 12.5. The molecule has 1 aliphatic heterocycles. The van der Waals surface area contributed by atoms with Gasteiger partial charge in [-0.15, -0.1) is 0 Å². The summed E-state index contributed by atoms with van der Waals surface area (Å²) in [6.07, 6.45) is -0.427. The quantitative estimate of drug-likeness (QED) is 0.924. The molecule has 1 aromatic rings. The van der Waals surface area contributed by atoms with Crippen molar-refractivity contribution < 1.29 is 19.4 Å². The lowest BCUT2D eigenvalue weighted by molar-refractivity contribution is -0.157. The minimum atomic E-state index is -0.682. The Morgan fingerprint density at radius 2 is 1.95 bits per heavy atom. The molecular formula is C16H23NO4. The number of benzene rings is 1. The number of rotatable bonds is 4. The molecule has 1 aliphatic rings. The summed E-state index contributed by atoms with van der Waals surface area (Å²) in [4.78, 5) is 14.1. The SMILES string of the molecule is CC(C)(C)OC(=O)N(Cc1ccccc1)C1(CO)COC1. The summed E-state index contributed by atoms with van der Waals surface area (Å²) in [6, 6.07) is 9.66. The third-order valence-electron chi connectivity index (χ3n) is 3.41. The second kappa shape index (κ2) is 6.03. The van der Waals surface area contributed by atoms with E-state index < -0.39 is 17.2 Å². The van der Waals surface area contributed by atoms with Gasteiger partial charge in [0.1, 0.15) is 11.1 Å². The minimum Gasteiger partial charge on any atom is -0.444 e. The van der Waals surface area contributed by atoms with Gasteiger partial charge in [-0.05, 0) is 26.3 Å². The molecule has 1 fully saturated rings. The summed E-state index contributed by atoms with van der Waals surface area (Å²) in [5, 5.41) is 9.70. The van der Waals surface area contributed by atoms with E-state index in [1.54, 1.807) is 4.90 Å². The van der Waals surface area contributed by atoms with Gasteiger partial charge in [0.05, 0.1) is 19.8 Å². The molecule has 0 spiro atoms. The molecule has 21 heavy (non-hydrogen) atoms. The Morgan fingerprint density at radius 3 is 2.38 bits per heavy atom. The fourth-order valence-corrected chi connectivity index (χ4v) is 2.18. The van der Waals surface area contributed by atoms with E-state index in [9.17, 15) is 9.90 Å². The standard InChI is InChI=1S/C16H23NO4/c1-15(2,3)21-14(19)17(16(10-18)11-20-12-16)9-13-7-5-4-6-8-13/h4-8,18H,9-12H2,1-3H3. The largest absolute Gasteiger partial charge is 0.444 e. The van der Waals surface area contributed by atoms with Crippen LogP contribution in [0.3, 0.4) is 0 Å². The maximum Gasteiger partial charge on any atom is 0.411 e. The Hall–Kier alpha value is -1.59. The number of carbonyl (C=O) groups excluding carboxylic acids is 1. The second-order valence-corrected chi connectivity index (χ2v) is 6.43. The zero-order valence-corrected chi connectivity index (χ0v) is 12.8. The van der Waals surface area contributed by atoms with Crippen molar-refractivity contribution in [3.8, 4) is 0 Å². The van der Waals surface area contributed by atoms with Crippen LogP contribution in [0.5, 0.6) is 0 Å². The molecule has 0 saturated carbocycles. The van der Waals surface area contributed by atoms with Crippen LogP contribution >= 0.6 is 0 Å². The molecule has 1 saturated heterocycles. The Morgan fingerprint density at radius 1 is 1.33 bits per heavy atom. The first-order valence-corrected chi connectivity index (χ1v) is 7.09. The number of hydrogen-bond donors (Lipinski definition) is 1. The molecular weight excluding hydrogens is 270 g/mol. The van der Waals surface area contributed by atoms with Crippen molar-refractivity contribution in [1.29, 1.82) is 0 Å². The molecule has 0 bridgehead atoms. The summed E-state index contributed by atoms with van der Waals surface area (Å²) >= 11 is 0. The lowest BCUT2D eigenvalue weighted by Gasteiger charge is -2.48. The van der Waals surface area contributed by atoms with Crippen LogP contribution in [0.2, 0.25) is 0 Å². The zero-order chi connectivity index (χ0) is 15.5. The Labute approximate surface area is 125 Å². The highest BCUT2D eigenvalue weighted by atomic mass is 16.6. The summed E-state index contributed by atoms with van der Waals surface area (Å²) < 4.78 is 10.7. The number of aliphatic hydroxyl groups excluding tert-OH is 1. The van der Waals surface area contributed by atoms with Crippen LogP contribution in [-0.4, -0.2) is 47.1 Å². The topological polar surface area (TPSA) is 59.0 Å². The van der Waals surface area contributed by atoms with Crippen molar-refractivity contribution >= 4 is 6.09 Å². The molecule has 0 aromatic heterocycles. The third kappa shape index (κ3) is 3.74. The predicted molar refractivity (Wildman–Crippen MR) is 78.9 cm³/mol. The molecule has 116 valence electrons. The van der Waals surface area contributed by atoms with Gasteiger partial charge in [0.25, 0.3) is 0 Å². The number of ether oxygens (including phenoxy) is 2. The normalized spacial score (nSPS) is 17.0. The van der Waals surface area contributed by atoms with E-state index in [1.165, 1.54) is 0 Å². The van der Waals surface area contributed by atoms with Crippen LogP contribution in [0.25, 0.3) is 0 Å². The van der Waals surface area contributed by atoms with E-state index in [4.69, 9.17) is 9.47 Å². The molecule has 0 atom stereocenters. The average molecular weight is 293 g/mol. The average Bonchev–Trinajstić information content (AvgIpc) is 2.36. The first-order valence-electron chi connectivity index (χ1n) is 7.09. The van der Waals surface area contributed by atoms with Crippen molar-refractivity contribution in [3.63, 3.8) is 0 Å². The van der Waals surface area contributed by atoms with Crippen molar-refractivity contribution in [2.75, 3.05) is 19.8 Å². The van der Waals surface area contributed by atoms with Gasteiger partial charge in [-0.2, -0.15) is 0 Å². The van der Waals surface area contributed by atoms with Crippen molar-refractivity contribution in [2.45, 2.75) is 38.5 Å². The first kappa shape index (κ1) is 15.8. The van der Waals surface area contributed by atoms with E-state index in [2.05, 4.69) is 0 Å². The van der Waals surface area contributed by atoms with Gasteiger partial charge in [0.2, 0.25) is 0 Å². The highest BCUT2D eigenvalue weighted by Gasteiger charge is 2.47. The lowest BCUT2D eigenvalue weighted by atomic mass is 9.95. The molecule has 1 amide bonds. The van der Waals surface area contributed by atoms with E-state index in [0.29, 0.717) is 19.8 Å². The summed E-state index contributed by atoms with van der Waals surface area (Å²) in [5.41, 5.74) is -0.270. The molecule has 5 nitrogen and oxygen atoms in total. The van der Waals surface area contributed by atoms with Gasteiger partial charge < -0.3 is 14.6 Å². The van der Waals surface area contributed by atoms with Crippen molar-refractivity contribution in [2.24, 2.45) is 0 Å². The van der Waals surface area contributed by atoms with E-state index in [-0.39, 0.29) is 6.61 Å². The van der Waals surface area contributed by atoms with Crippen LogP contribution < -0.4 is 0 Å². The third-order valence-corrected chi connectivity index (χ3v) is 3.41. The predicted octanol–water partition coefficient (Wildman–Crippen LogP) is 2.19. The molecule has 1 N–H and O–H groups in total. The van der Waals surface area contributed by atoms with Crippen LogP contribution in [0.1, 0.15) is 26.3 Å². The van der Waals surface area contributed by atoms with Gasteiger partial charge in [-0.3, -0.25) is 4.90 Å². The van der Waals surface area contributed by atoms with Crippen LogP contribution in [0.15, 0.2) is 30.3 Å². The molecule has 1 heterocycles. The van der Waals surface area contributed by atoms with Gasteiger partial charge in [-0.1, -0.05) is 30.3 Å². The van der Waals surface area contributed by atoms with E-state index in [0.717, 1.165) is 5.56 Å². The first-order chi connectivity index (χ1) is 9.86. The fourth-order valence-electron chi connectivity index (χ4n) is 2.18. The van der Waals surface area contributed by atoms with Gasteiger partial charge in [-0.25, -0.2) is 4.79 Å². The Kier molecular flexibility index (Phi) is 4.54. The van der Waals surface area contributed by atoms with Gasteiger partial charge in [0, 0.05) is 6.54 Å². The van der Waals surface area contributed by atoms with Crippen LogP contribution in [0, 0.1) is 0 Å². The number of hydrogen-bond acceptors (Lipinski definition) is 4.